The van der Waals surface area contributed by atoms with Crippen LogP contribution in [0.3, 0.4) is 0 Å². The summed E-state index contributed by atoms with van der Waals surface area (Å²) >= 11 is 6.05. The molecular formula is C17H26ClNO. The quantitative estimate of drug-likeness (QED) is 0.787. The van der Waals surface area contributed by atoms with E-state index < -0.39 is 0 Å². The number of rotatable bonds is 3. The van der Waals surface area contributed by atoms with Crippen molar-refractivity contribution in [2.24, 2.45) is 22.2 Å². The largest absolute Gasteiger partial charge is 0.349 e. The molecule has 112 valence electrons. The van der Waals surface area contributed by atoms with E-state index in [1.165, 1.54) is 19.3 Å². The monoisotopic (exact) mass is 295 g/mol. The van der Waals surface area contributed by atoms with Crippen molar-refractivity contribution in [1.82, 2.24) is 5.32 Å². The Kier molecular flexibility index (Phi) is 2.51. The molecule has 2 unspecified atom stereocenters. The fraction of sp³-hybridized carbons (Fsp3) is 0.941. The molecule has 0 aromatic carbocycles. The van der Waals surface area contributed by atoms with Gasteiger partial charge in [0.2, 0.25) is 5.91 Å². The van der Waals surface area contributed by atoms with Gasteiger partial charge >= 0.3 is 0 Å². The normalized spacial score (nSPS) is 51.0. The number of carbonyl (C=O) groups is 1. The molecule has 0 radical (unpaired) electrons. The number of carbonyl (C=O) groups excluding carboxylic acids is 1. The van der Waals surface area contributed by atoms with Gasteiger partial charge in [-0.05, 0) is 68.1 Å². The molecule has 2 atom stereocenters. The number of hydrogen-bond acceptors (Lipinski definition) is 1. The predicted octanol–water partition coefficient (Wildman–Crippen LogP) is 3.87. The molecule has 5 aliphatic carbocycles. The Morgan fingerprint density at radius 2 is 1.70 bits per heavy atom. The van der Waals surface area contributed by atoms with Crippen LogP contribution in [0.5, 0.6) is 0 Å². The summed E-state index contributed by atoms with van der Waals surface area (Å²) in [6, 6.07) is 0. The first-order chi connectivity index (χ1) is 9.30. The second-order valence-corrected chi connectivity index (χ2v) is 9.55. The number of halogens is 1. The topological polar surface area (TPSA) is 29.1 Å². The van der Waals surface area contributed by atoms with E-state index in [9.17, 15) is 4.79 Å². The van der Waals surface area contributed by atoms with Gasteiger partial charge in [0.1, 0.15) is 0 Å². The van der Waals surface area contributed by atoms with E-state index in [0.29, 0.717) is 22.6 Å². The molecule has 5 saturated carbocycles. The molecule has 5 fully saturated rings. The van der Waals surface area contributed by atoms with E-state index >= 15 is 0 Å². The summed E-state index contributed by atoms with van der Waals surface area (Å²) in [6.07, 6.45) is 9.49. The molecule has 5 rings (SSSR count). The molecule has 2 nitrogen and oxygen atoms in total. The average Bonchev–Trinajstić information content (AvgIpc) is 3.04. The summed E-state index contributed by atoms with van der Waals surface area (Å²) in [6.45, 7) is 4.85. The molecular weight excluding hydrogens is 270 g/mol. The van der Waals surface area contributed by atoms with E-state index in [1.807, 2.05) is 0 Å². The van der Waals surface area contributed by atoms with Crippen molar-refractivity contribution in [3.8, 4) is 0 Å². The minimum Gasteiger partial charge on any atom is -0.349 e. The summed E-state index contributed by atoms with van der Waals surface area (Å²) in [5.41, 5.74) is 0.681. The predicted molar refractivity (Wildman–Crippen MR) is 80.7 cm³/mol. The third-order valence-corrected chi connectivity index (χ3v) is 7.11. The molecule has 1 amide bonds. The molecule has 0 spiro atoms. The first-order valence-electron chi connectivity index (χ1n) is 8.19. The van der Waals surface area contributed by atoms with Crippen LogP contribution in [0.25, 0.3) is 0 Å². The fourth-order valence-electron chi connectivity index (χ4n) is 6.52. The second-order valence-electron chi connectivity index (χ2n) is 9.28. The summed E-state index contributed by atoms with van der Waals surface area (Å²) < 4.78 is 0. The van der Waals surface area contributed by atoms with Crippen LogP contribution < -0.4 is 5.32 Å². The van der Waals surface area contributed by atoms with Gasteiger partial charge in [-0.15, -0.1) is 11.6 Å². The van der Waals surface area contributed by atoms with Crippen LogP contribution >= 0.6 is 11.6 Å². The van der Waals surface area contributed by atoms with Gasteiger partial charge in [-0.25, -0.2) is 0 Å². The zero-order valence-electron chi connectivity index (χ0n) is 12.7. The standard InChI is InChI=1S/C17H26ClNO/c1-14-5-12-6-15(2,8-14)10-16(7-12,9-14)13(20)19-17(11-18)3-4-17/h12H,3-11H2,1-2H3,(H,19,20). The van der Waals surface area contributed by atoms with Crippen molar-refractivity contribution >= 4 is 17.5 Å². The van der Waals surface area contributed by atoms with Gasteiger partial charge in [-0.3, -0.25) is 4.79 Å². The van der Waals surface area contributed by atoms with Gasteiger partial charge in [-0.1, -0.05) is 13.8 Å². The maximum Gasteiger partial charge on any atom is 0.226 e. The Balaban J connectivity index is 1.62. The van der Waals surface area contributed by atoms with Gasteiger partial charge in [0.05, 0.1) is 11.0 Å². The zero-order valence-corrected chi connectivity index (χ0v) is 13.5. The van der Waals surface area contributed by atoms with Crippen molar-refractivity contribution in [1.29, 1.82) is 0 Å². The van der Waals surface area contributed by atoms with Crippen LogP contribution in [-0.4, -0.2) is 17.3 Å². The highest BCUT2D eigenvalue weighted by Gasteiger charge is 2.63. The van der Waals surface area contributed by atoms with Crippen LogP contribution in [0.2, 0.25) is 0 Å². The van der Waals surface area contributed by atoms with Gasteiger partial charge in [0.15, 0.2) is 0 Å². The Labute approximate surface area is 127 Å². The highest BCUT2D eigenvalue weighted by Crippen LogP contribution is 2.69. The van der Waals surface area contributed by atoms with E-state index in [2.05, 4.69) is 19.2 Å². The SMILES string of the molecule is CC12CC3CC(C)(C1)CC(C(=O)NC1(CCl)CC1)(C3)C2. The van der Waals surface area contributed by atoms with Gasteiger partial charge in [0.25, 0.3) is 0 Å². The Morgan fingerprint density at radius 3 is 2.15 bits per heavy atom. The fourth-order valence-corrected chi connectivity index (χ4v) is 6.85. The lowest BCUT2D eigenvalue weighted by Crippen LogP contribution is -2.61. The minimum absolute atomic E-state index is 0.0518. The molecule has 4 bridgehead atoms. The van der Waals surface area contributed by atoms with Crippen LogP contribution in [-0.2, 0) is 4.79 Å². The second kappa shape index (κ2) is 3.74. The smallest absolute Gasteiger partial charge is 0.226 e. The number of amides is 1. The van der Waals surface area contributed by atoms with Crippen LogP contribution in [0.1, 0.15) is 65.2 Å². The van der Waals surface area contributed by atoms with E-state index in [1.54, 1.807) is 0 Å². The van der Waals surface area contributed by atoms with E-state index in [4.69, 9.17) is 11.6 Å². The minimum atomic E-state index is -0.0788. The number of hydrogen-bond donors (Lipinski definition) is 1. The molecule has 0 saturated heterocycles. The Bertz CT molecular complexity index is 452. The lowest BCUT2D eigenvalue weighted by Gasteiger charge is -2.64. The molecule has 20 heavy (non-hydrogen) atoms. The van der Waals surface area contributed by atoms with Crippen LogP contribution in [0, 0.1) is 22.2 Å². The van der Waals surface area contributed by atoms with Crippen molar-refractivity contribution in [2.75, 3.05) is 5.88 Å². The Hall–Kier alpha value is -0.240. The molecule has 3 heteroatoms. The third kappa shape index (κ3) is 1.86. The average molecular weight is 296 g/mol. The van der Waals surface area contributed by atoms with E-state index in [0.717, 1.165) is 38.0 Å². The maximum absolute atomic E-state index is 13.0. The lowest BCUT2D eigenvalue weighted by molar-refractivity contribution is -0.170. The van der Waals surface area contributed by atoms with E-state index in [-0.39, 0.29) is 11.0 Å². The zero-order chi connectivity index (χ0) is 14.2. The summed E-state index contributed by atoms with van der Waals surface area (Å²) in [5, 5.41) is 3.34. The lowest BCUT2D eigenvalue weighted by atomic mass is 9.40. The molecule has 0 aliphatic heterocycles. The molecule has 1 N–H and O–H groups in total. The third-order valence-electron chi connectivity index (χ3n) is 6.60. The van der Waals surface area contributed by atoms with Crippen molar-refractivity contribution in [3.05, 3.63) is 0 Å². The first kappa shape index (κ1) is 13.4. The van der Waals surface area contributed by atoms with Crippen molar-refractivity contribution < 1.29 is 4.79 Å². The van der Waals surface area contributed by atoms with Crippen LogP contribution in [0.15, 0.2) is 0 Å². The van der Waals surface area contributed by atoms with Gasteiger partial charge in [-0.2, -0.15) is 0 Å². The number of alkyl halides is 1. The molecule has 0 heterocycles. The van der Waals surface area contributed by atoms with Gasteiger partial charge in [0, 0.05) is 5.88 Å². The van der Waals surface area contributed by atoms with Crippen molar-refractivity contribution in [3.63, 3.8) is 0 Å². The highest BCUT2D eigenvalue weighted by atomic mass is 35.5. The van der Waals surface area contributed by atoms with Crippen LogP contribution in [0.4, 0.5) is 0 Å². The molecule has 0 aromatic rings. The van der Waals surface area contributed by atoms with Gasteiger partial charge < -0.3 is 5.32 Å². The Morgan fingerprint density at radius 1 is 1.10 bits per heavy atom. The summed E-state index contributed by atoms with van der Waals surface area (Å²) in [4.78, 5) is 13.0. The van der Waals surface area contributed by atoms with Crippen molar-refractivity contribution in [2.45, 2.75) is 70.8 Å². The molecule has 0 aromatic heterocycles. The summed E-state index contributed by atoms with van der Waals surface area (Å²) in [5.74, 6) is 1.68. The maximum atomic E-state index is 13.0. The number of nitrogens with one attached hydrogen (secondary N) is 1. The highest BCUT2D eigenvalue weighted by molar-refractivity contribution is 6.19. The first-order valence-corrected chi connectivity index (χ1v) is 8.72. The molecule has 5 aliphatic rings. The summed E-state index contributed by atoms with van der Waals surface area (Å²) in [7, 11) is 0.